The maximum Gasteiger partial charge on any atom is 0.135 e. The van der Waals surface area contributed by atoms with E-state index in [0.717, 1.165) is 38.8 Å². The molecule has 4 heteroatoms. The first-order valence-electron chi connectivity index (χ1n) is 21.1. The molecule has 61 heavy (non-hydrogen) atoms. The number of nitrogens with zero attached hydrogens (tertiary/aromatic N) is 2. The lowest BCUT2D eigenvalue weighted by Gasteiger charge is -2.23. The second-order valence-electron chi connectivity index (χ2n) is 17.3. The molecule has 0 unspecified atom stereocenters. The Kier molecular flexibility index (Phi) is 6.33. The molecule has 0 spiro atoms. The molecule has 0 N–H and O–H groups in total. The summed E-state index contributed by atoms with van der Waals surface area (Å²) in [5, 5.41) is 9.61. The lowest BCUT2D eigenvalue weighted by molar-refractivity contribution is 0.656. The predicted octanol–water partition coefficient (Wildman–Crippen LogP) is 15.7. The molecule has 0 atom stereocenters. The zero-order valence-corrected chi connectivity index (χ0v) is 33.5. The molecule has 0 saturated carbocycles. The molecule has 0 bridgehead atoms. The summed E-state index contributed by atoms with van der Waals surface area (Å²) < 4.78 is 17.5. The molecule has 1 aliphatic rings. The van der Waals surface area contributed by atoms with E-state index in [0.29, 0.717) is 0 Å². The number of benzene rings is 9. The summed E-state index contributed by atoms with van der Waals surface area (Å²) in [6.07, 6.45) is 0. The van der Waals surface area contributed by atoms with Gasteiger partial charge in [0.25, 0.3) is 0 Å². The Labute approximate surface area is 350 Å². The van der Waals surface area contributed by atoms with Gasteiger partial charge in [-0.1, -0.05) is 117 Å². The van der Waals surface area contributed by atoms with Crippen LogP contribution in [0.5, 0.6) is 0 Å². The van der Waals surface area contributed by atoms with Gasteiger partial charge in [-0.3, -0.25) is 0 Å². The van der Waals surface area contributed by atoms with Crippen molar-refractivity contribution in [2.75, 3.05) is 0 Å². The highest BCUT2D eigenvalue weighted by Crippen LogP contribution is 2.54. The normalized spacial score (nSPS) is 13.5. The van der Waals surface area contributed by atoms with Gasteiger partial charge < -0.3 is 18.0 Å². The maximum absolute atomic E-state index is 6.37. The molecule has 0 radical (unpaired) electrons. The quantitative estimate of drug-likeness (QED) is 0.179. The van der Waals surface area contributed by atoms with Gasteiger partial charge >= 0.3 is 0 Å². The fraction of sp³-hybridized carbons (Fsp3) is 0.0526. The van der Waals surface area contributed by atoms with Crippen LogP contribution in [0.15, 0.2) is 191 Å². The number of hydrogen-bond donors (Lipinski definition) is 0. The topological polar surface area (TPSA) is 36.1 Å². The van der Waals surface area contributed by atoms with E-state index in [9.17, 15) is 0 Å². The molecule has 4 heterocycles. The summed E-state index contributed by atoms with van der Waals surface area (Å²) in [6, 6.07) is 66.3. The van der Waals surface area contributed by atoms with Crippen molar-refractivity contribution in [3.05, 3.63) is 193 Å². The van der Waals surface area contributed by atoms with Gasteiger partial charge in [0, 0.05) is 59.9 Å². The van der Waals surface area contributed by atoms with Crippen LogP contribution >= 0.6 is 0 Å². The number of hydrogen-bond acceptors (Lipinski definition) is 2. The third-order valence-electron chi connectivity index (χ3n) is 13.7. The molecule has 0 amide bonds. The Bertz CT molecular complexity index is 4040. The average molecular weight is 781 g/mol. The first kappa shape index (κ1) is 33.1. The van der Waals surface area contributed by atoms with Gasteiger partial charge in [-0.15, -0.1) is 0 Å². The summed E-state index contributed by atoms with van der Waals surface area (Å²) in [6.45, 7) is 4.74. The minimum atomic E-state index is -0.224. The van der Waals surface area contributed by atoms with Gasteiger partial charge in [0.15, 0.2) is 0 Å². The molecule has 13 aromatic rings. The van der Waals surface area contributed by atoms with Crippen molar-refractivity contribution < 1.29 is 8.83 Å². The Morgan fingerprint density at radius 3 is 1.72 bits per heavy atom. The molecule has 14 rings (SSSR count). The summed E-state index contributed by atoms with van der Waals surface area (Å²) in [4.78, 5) is 0. The van der Waals surface area contributed by atoms with Gasteiger partial charge in [0.1, 0.15) is 22.3 Å². The van der Waals surface area contributed by atoms with Gasteiger partial charge in [0.2, 0.25) is 0 Å². The van der Waals surface area contributed by atoms with E-state index in [4.69, 9.17) is 8.83 Å². The molecular formula is C57H36N2O2. The van der Waals surface area contributed by atoms with Crippen molar-refractivity contribution in [2.24, 2.45) is 0 Å². The Morgan fingerprint density at radius 2 is 0.902 bits per heavy atom. The molecule has 286 valence electrons. The van der Waals surface area contributed by atoms with E-state index < -0.39 is 0 Å². The minimum absolute atomic E-state index is 0.224. The molecule has 4 nitrogen and oxygen atoms in total. The SMILES string of the molecule is CC1(C)c2cc(-n3c4ccccc4c4cc(-c5ccc6c7ccccc7n(-c7ccc8oc9ccccc9c8c7)c6c5)ccc43)ccc2-c2ccc3oc4ccccc4c3c21. The zero-order chi connectivity index (χ0) is 40.1. The summed E-state index contributed by atoms with van der Waals surface area (Å²) in [5.41, 5.74) is 18.1. The number of rotatable bonds is 3. The van der Waals surface area contributed by atoms with Crippen molar-refractivity contribution in [3.8, 4) is 33.6 Å². The third-order valence-corrected chi connectivity index (χ3v) is 13.7. The molecular weight excluding hydrogens is 745 g/mol. The molecule has 1 aliphatic carbocycles. The van der Waals surface area contributed by atoms with E-state index in [-0.39, 0.29) is 5.41 Å². The van der Waals surface area contributed by atoms with Gasteiger partial charge in [0.05, 0.1) is 22.1 Å². The maximum atomic E-state index is 6.37. The summed E-state index contributed by atoms with van der Waals surface area (Å²) in [5.74, 6) is 0. The minimum Gasteiger partial charge on any atom is -0.456 e. The van der Waals surface area contributed by atoms with Crippen LogP contribution in [0.3, 0.4) is 0 Å². The average Bonchev–Trinajstić information content (AvgIpc) is 4.09. The first-order valence-corrected chi connectivity index (χ1v) is 21.1. The predicted molar refractivity (Wildman–Crippen MR) is 253 cm³/mol. The van der Waals surface area contributed by atoms with E-state index in [1.807, 2.05) is 12.1 Å². The molecule has 0 saturated heterocycles. The van der Waals surface area contributed by atoms with E-state index >= 15 is 0 Å². The van der Waals surface area contributed by atoms with Crippen LogP contribution in [0.4, 0.5) is 0 Å². The van der Waals surface area contributed by atoms with Crippen molar-refractivity contribution in [1.82, 2.24) is 9.13 Å². The standard InChI is InChI=1S/C57H36N2O2/c1-57(2)46-32-36(21-24-37(46)42-25-28-54-55(56(42)57)43-14-6-10-18-52(43)61-54)58-48-16-8-4-12-39(48)44-29-33(20-26-49(44)58)34-19-23-40-38-11-3-7-15-47(38)59(50(40)30-34)35-22-27-53-45(31-35)41-13-5-9-17-51(41)60-53/h3-32H,1-2H3. The van der Waals surface area contributed by atoms with E-state index in [1.165, 1.54) is 93.5 Å². The van der Waals surface area contributed by atoms with Crippen LogP contribution in [0, 0.1) is 0 Å². The van der Waals surface area contributed by atoms with E-state index in [1.54, 1.807) is 0 Å². The smallest absolute Gasteiger partial charge is 0.135 e. The van der Waals surface area contributed by atoms with Crippen LogP contribution in [0.25, 0.3) is 121 Å². The first-order chi connectivity index (χ1) is 30.0. The highest BCUT2D eigenvalue weighted by atomic mass is 16.3. The molecule has 0 aliphatic heterocycles. The number of fused-ring (bicyclic) bond motifs is 16. The summed E-state index contributed by atoms with van der Waals surface area (Å²) >= 11 is 0. The number of furan rings is 2. The van der Waals surface area contributed by atoms with Crippen LogP contribution in [0.2, 0.25) is 0 Å². The highest BCUT2D eigenvalue weighted by Gasteiger charge is 2.38. The fourth-order valence-corrected chi connectivity index (χ4v) is 11.0. The highest BCUT2D eigenvalue weighted by molar-refractivity contribution is 6.14. The summed E-state index contributed by atoms with van der Waals surface area (Å²) in [7, 11) is 0. The molecule has 0 fully saturated rings. The lowest BCUT2D eigenvalue weighted by atomic mass is 9.80. The Morgan fingerprint density at radius 1 is 0.361 bits per heavy atom. The van der Waals surface area contributed by atoms with Crippen LogP contribution in [0.1, 0.15) is 25.0 Å². The fourth-order valence-electron chi connectivity index (χ4n) is 11.0. The van der Waals surface area contributed by atoms with Crippen LogP contribution in [-0.2, 0) is 5.41 Å². The van der Waals surface area contributed by atoms with Crippen molar-refractivity contribution >= 4 is 87.5 Å². The van der Waals surface area contributed by atoms with Crippen molar-refractivity contribution in [2.45, 2.75) is 19.3 Å². The lowest BCUT2D eigenvalue weighted by Crippen LogP contribution is -2.15. The monoisotopic (exact) mass is 780 g/mol. The largest absolute Gasteiger partial charge is 0.456 e. The molecule has 4 aromatic heterocycles. The van der Waals surface area contributed by atoms with Crippen LogP contribution in [-0.4, -0.2) is 9.13 Å². The Hall–Kier alpha value is -7.82. The second kappa shape index (κ2) is 11.7. The van der Waals surface area contributed by atoms with Crippen LogP contribution < -0.4 is 0 Å². The van der Waals surface area contributed by atoms with Gasteiger partial charge in [-0.05, 0) is 112 Å². The molecule has 9 aromatic carbocycles. The van der Waals surface area contributed by atoms with Gasteiger partial charge in [-0.2, -0.15) is 0 Å². The van der Waals surface area contributed by atoms with Gasteiger partial charge in [-0.25, -0.2) is 0 Å². The Balaban J connectivity index is 0.928. The van der Waals surface area contributed by atoms with Crippen molar-refractivity contribution in [1.29, 1.82) is 0 Å². The second-order valence-corrected chi connectivity index (χ2v) is 17.3. The van der Waals surface area contributed by atoms with E-state index in [2.05, 4.69) is 193 Å². The number of aromatic nitrogens is 2. The third kappa shape index (κ3) is 4.38. The van der Waals surface area contributed by atoms with Crippen molar-refractivity contribution in [3.63, 3.8) is 0 Å². The zero-order valence-electron chi connectivity index (χ0n) is 33.5. The number of para-hydroxylation sites is 4.